The van der Waals surface area contributed by atoms with Crippen molar-refractivity contribution < 1.29 is 4.79 Å². The zero-order valence-corrected chi connectivity index (χ0v) is 16.9. The van der Waals surface area contributed by atoms with Crippen molar-refractivity contribution in [3.05, 3.63) is 47.2 Å². The van der Waals surface area contributed by atoms with Crippen molar-refractivity contribution in [2.45, 2.75) is 0 Å². The van der Waals surface area contributed by atoms with Crippen LogP contribution in [-0.4, -0.2) is 57.2 Å². The Labute approximate surface area is 174 Å². The van der Waals surface area contributed by atoms with E-state index >= 15 is 0 Å². The highest BCUT2D eigenvalue weighted by atomic mass is 32.1. The molecule has 5 rings (SSSR count). The second kappa shape index (κ2) is 7.68. The number of aromatic nitrogens is 5. The average Bonchev–Trinajstić information content (AvgIpc) is 3.45. The van der Waals surface area contributed by atoms with Crippen LogP contribution in [0.15, 0.2) is 41.6 Å². The molecule has 1 N–H and O–H groups in total. The van der Waals surface area contributed by atoms with Crippen molar-refractivity contribution in [1.29, 1.82) is 0 Å². The number of nitrogens with one attached hydrogen (secondary N) is 1. The van der Waals surface area contributed by atoms with Gasteiger partial charge in [0.15, 0.2) is 0 Å². The largest absolute Gasteiger partial charge is 0.353 e. The van der Waals surface area contributed by atoms with Crippen LogP contribution in [0, 0.1) is 0 Å². The van der Waals surface area contributed by atoms with E-state index < -0.39 is 0 Å². The number of anilines is 3. The lowest BCUT2D eigenvalue weighted by atomic mass is 10.2. The average molecular weight is 425 g/mol. The van der Waals surface area contributed by atoms with Gasteiger partial charge in [-0.2, -0.15) is 0 Å². The number of nitrogens with zero attached hydrogens (tertiary/aromatic N) is 7. The summed E-state index contributed by atoms with van der Waals surface area (Å²) in [6.07, 6.45) is 3.22. The van der Waals surface area contributed by atoms with E-state index in [1.807, 2.05) is 17.5 Å². The fraction of sp³-hybridized carbons (Fsp3) is 0.222. The fourth-order valence-corrected chi connectivity index (χ4v) is 4.55. The highest BCUT2D eigenvalue weighted by Crippen LogP contribution is 2.29. The predicted octanol–water partition coefficient (Wildman–Crippen LogP) is 2.52. The molecule has 11 heteroatoms. The van der Waals surface area contributed by atoms with Gasteiger partial charge in [-0.05, 0) is 23.6 Å². The van der Waals surface area contributed by atoms with Gasteiger partial charge >= 0.3 is 0 Å². The highest BCUT2D eigenvalue weighted by molar-refractivity contribution is 7.17. The Morgan fingerprint density at radius 2 is 1.86 bits per heavy atom. The molecule has 0 aliphatic carbocycles. The molecule has 1 aliphatic rings. The molecule has 0 bridgehead atoms. The molecule has 29 heavy (non-hydrogen) atoms. The molecule has 0 saturated carbocycles. The van der Waals surface area contributed by atoms with Crippen LogP contribution < -0.4 is 15.1 Å². The number of pyridine rings is 1. The lowest BCUT2D eigenvalue weighted by Gasteiger charge is -2.36. The molecule has 4 aromatic heterocycles. The molecule has 0 radical (unpaired) electrons. The maximum Gasteiger partial charge on any atom is 0.259 e. The first-order valence-electron chi connectivity index (χ1n) is 8.99. The third-order valence-corrected chi connectivity index (χ3v) is 6.22. The maximum atomic E-state index is 12.2. The molecule has 1 fully saturated rings. The summed E-state index contributed by atoms with van der Waals surface area (Å²) in [6.45, 7) is 3.37. The molecular formula is C18H16N8OS2. The minimum absolute atomic E-state index is 0.241. The van der Waals surface area contributed by atoms with Crippen molar-refractivity contribution in [2.75, 3.05) is 41.3 Å². The number of amides is 1. The van der Waals surface area contributed by atoms with Crippen LogP contribution in [-0.2, 0) is 0 Å². The van der Waals surface area contributed by atoms with Gasteiger partial charge < -0.3 is 9.80 Å². The highest BCUT2D eigenvalue weighted by Gasteiger charge is 2.21. The summed E-state index contributed by atoms with van der Waals surface area (Å²) in [5, 5.41) is 12.7. The molecule has 0 unspecified atom stereocenters. The van der Waals surface area contributed by atoms with Gasteiger partial charge in [0.2, 0.25) is 5.13 Å². The Morgan fingerprint density at radius 1 is 1.00 bits per heavy atom. The molecule has 146 valence electrons. The summed E-state index contributed by atoms with van der Waals surface area (Å²) in [4.78, 5) is 30.1. The van der Waals surface area contributed by atoms with E-state index in [1.165, 1.54) is 11.3 Å². The van der Waals surface area contributed by atoms with E-state index in [1.54, 1.807) is 35.4 Å². The van der Waals surface area contributed by atoms with Gasteiger partial charge in [0, 0.05) is 32.4 Å². The third-order valence-electron chi connectivity index (χ3n) is 4.72. The van der Waals surface area contributed by atoms with Crippen LogP contribution in [0.5, 0.6) is 0 Å². The van der Waals surface area contributed by atoms with Crippen LogP contribution in [0.2, 0.25) is 0 Å². The molecule has 1 aliphatic heterocycles. The minimum Gasteiger partial charge on any atom is -0.353 e. The smallest absolute Gasteiger partial charge is 0.259 e. The van der Waals surface area contributed by atoms with Crippen LogP contribution in [0.3, 0.4) is 0 Å². The van der Waals surface area contributed by atoms with Crippen molar-refractivity contribution in [2.24, 2.45) is 0 Å². The fourth-order valence-electron chi connectivity index (χ4n) is 3.25. The minimum atomic E-state index is -0.241. The van der Waals surface area contributed by atoms with Crippen LogP contribution >= 0.6 is 22.7 Å². The summed E-state index contributed by atoms with van der Waals surface area (Å²) in [7, 11) is 0. The lowest BCUT2D eigenvalue weighted by Crippen LogP contribution is -2.47. The number of piperazine rings is 1. The Bertz CT molecular complexity index is 1120. The second-order valence-corrected chi connectivity index (χ2v) is 8.16. The second-order valence-electron chi connectivity index (χ2n) is 6.41. The van der Waals surface area contributed by atoms with Crippen molar-refractivity contribution >= 4 is 55.6 Å². The first-order valence-corrected chi connectivity index (χ1v) is 10.8. The quantitative estimate of drug-likeness (QED) is 0.533. The summed E-state index contributed by atoms with van der Waals surface area (Å²) < 4.78 is 1.13. The summed E-state index contributed by atoms with van der Waals surface area (Å²) in [6, 6.07) is 5.69. The summed E-state index contributed by atoms with van der Waals surface area (Å²) in [5.74, 6) is 1.62. The van der Waals surface area contributed by atoms with Gasteiger partial charge in [-0.3, -0.25) is 10.1 Å². The van der Waals surface area contributed by atoms with Crippen LogP contribution in [0.25, 0.3) is 10.2 Å². The SMILES string of the molecule is O=C(Nc1nncs1)c1ccc(N2CCN(c3ncnc4ccsc34)CC2)nc1. The summed E-state index contributed by atoms with van der Waals surface area (Å²) in [5.41, 5.74) is 3.05. The number of carbonyl (C=O) groups is 1. The number of hydrogen-bond donors (Lipinski definition) is 1. The molecule has 0 atom stereocenters. The molecule has 0 spiro atoms. The standard InChI is InChI=1S/C18H16N8OS2/c27-17(23-18-24-22-11-29-18)12-1-2-14(19-9-12)25-4-6-26(7-5-25)16-15-13(3-8-28-15)20-10-21-16/h1-3,8-11H,4-7H2,(H,23,24,27). The van der Waals surface area contributed by atoms with E-state index in [9.17, 15) is 4.79 Å². The normalized spacial score (nSPS) is 14.3. The van der Waals surface area contributed by atoms with E-state index in [0.717, 1.165) is 48.0 Å². The zero-order valence-electron chi connectivity index (χ0n) is 15.2. The molecule has 0 aromatic carbocycles. The van der Waals surface area contributed by atoms with Gasteiger partial charge in [0.1, 0.15) is 23.5 Å². The third kappa shape index (κ3) is 3.61. The molecule has 9 nitrogen and oxygen atoms in total. The van der Waals surface area contributed by atoms with Crippen molar-refractivity contribution in [3.8, 4) is 0 Å². The summed E-state index contributed by atoms with van der Waals surface area (Å²) >= 11 is 2.95. The molecule has 1 amide bonds. The maximum absolute atomic E-state index is 12.2. The number of carbonyl (C=O) groups excluding carboxylic acids is 1. The van der Waals surface area contributed by atoms with E-state index in [4.69, 9.17) is 0 Å². The van der Waals surface area contributed by atoms with Crippen molar-refractivity contribution in [1.82, 2.24) is 25.1 Å². The van der Waals surface area contributed by atoms with Gasteiger partial charge in [-0.25, -0.2) is 15.0 Å². The van der Waals surface area contributed by atoms with Gasteiger partial charge in [0.25, 0.3) is 5.91 Å². The zero-order chi connectivity index (χ0) is 19.6. The first kappa shape index (κ1) is 17.9. The molecule has 1 saturated heterocycles. The predicted molar refractivity (Wildman–Crippen MR) is 114 cm³/mol. The Balaban J connectivity index is 1.24. The van der Waals surface area contributed by atoms with E-state index in [2.05, 4.69) is 40.3 Å². The van der Waals surface area contributed by atoms with Gasteiger partial charge in [0.05, 0.1) is 15.8 Å². The Hall–Kier alpha value is -3.18. The molecule has 5 heterocycles. The van der Waals surface area contributed by atoms with E-state index in [0.29, 0.717) is 10.7 Å². The monoisotopic (exact) mass is 424 g/mol. The number of rotatable bonds is 4. The Kier molecular flexibility index (Phi) is 4.74. The Morgan fingerprint density at radius 3 is 2.62 bits per heavy atom. The van der Waals surface area contributed by atoms with Gasteiger partial charge in [-0.15, -0.1) is 21.5 Å². The van der Waals surface area contributed by atoms with E-state index in [-0.39, 0.29) is 5.91 Å². The van der Waals surface area contributed by atoms with Crippen LogP contribution in [0.1, 0.15) is 10.4 Å². The molecular weight excluding hydrogens is 408 g/mol. The number of hydrogen-bond acceptors (Lipinski definition) is 10. The van der Waals surface area contributed by atoms with Crippen LogP contribution in [0.4, 0.5) is 16.8 Å². The molecule has 4 aromatic rings. The number of thiophene rings is 1. The topological polar surface area (TPSA) is 100 Å². The lowest BCUT2D eigenvalue weighted by molar-refractivity contribution is 0.102. The first-order chi connectivity index (χ1) is 14.3. The number of fused-ring (bicyclic) bond motifs is 1. The van der Waals surface area contributed by atoms with Crippen molar-refractivity contribution in [3.63, 3.8) is 0 Å². The van der Waals surface area contributed by atoms with Gasteiger partial charge in [-0.1, -0.05) is 11.3 Å².